The zero-order valence-corrected chi connectivity index (χ0v) is 12.8. The molecule has 1 aliphatic heterocycles. The molecule has 1 heterocycles. The maximum Gasteiger partial charge on any atom is 0.269 e. The third-order valence-corrected chi connectivity index (χ3v) is 4.23. The molecule has 6 nitrogen and oxygen atoms in total. The third-order valence-electron chi connectivity index (χ3n) is 4.23. The third kappa shape index (κ3) is 4.49. The lowest BCUT2D eigenvalue weighted by Gasteiger charge is -2.31. The first-order valence-electron chi connectivity index (χ1n) is 7.45. The molecule has 0 aliphatic carbocycles. The molecule has 0 radical (unpaired) electrons. The number of rotatable bonds is 6. The molecule has 1 unspecified atom stereocenters. The summed E-state index contributed by atoms with van der Waals surface area (Å²) in [5, 5.41) is 14.0. The van der Waals surface area contributed by atoms with Gasteiger partial charge in [0.15, 0.2) is 0 Å². The molecule has 1 aliphatic rings. The summed E-state index contributed by atoms with van der Waals surface area (Å²) >= 11 is 0. The topological polar surface area (TPSA) is 61.7 Å². The first-order valence-corrected chi connectivity index (χ1v) is 7.45. The van der Waals surface area contributed by atoms with Crippen LogP contribution in [0.2, 0.25) is 0 Å². The standard InChI is InChI=1S/C15H24N4O2/c1-13(14-3-5-15(6-4-14)19(20)21)17(2)11-12-18-9-7-16-8-10-18/h3-6,13,16H,7-12H2,1-2H3. The summed E-state index contributed by atoms with van der Waals surface area (Å²) in [6, 6.07) is 7.12. The normalized spacial score (nSPS) is 17.9. The number of nitrogens with zero attached hydrogens (tertiary/aromatic N) is 3. The van der Waals surface area contributed by atoms with E-state index in [-0.39, 0.29) is 16.7 Å². The monoisotopic (exact) mass is 292 g/mol. The van der Waals surface area contributed by atoms with E-state index in [1.54, 1.807) is 12.1 Å². The van der Waals surface area contributed by atoms with Crippen LogP contribution >= 0.6 is 0 Å². The van der Waals surface area contributed by atoms with Crippen molar-refractivity contribution in [3.63, 3.8) is 0 Å². The van der Waals surface area contributed by atoms with E-state index in [2.05, 4.69) is 29.1 Å². The molecule has 21 heavy (non-hydrogen) atoms. The van der Waals surface area contributed by atoms with Crippen molar-refractivity contribution >= 4 is 5.69 Å². The summed E-state index contributed by atoms with van der Waals surface area (Å²) in [6.07, 6.45) is 0. The Morgan fingerprint density at radius 1 is 1.33 bits per heavy atom. The SMILES string of the molecule is CC(c1ccc([N+](=O)[O-])cc1)N(C)CCN1CCNCC1. The molecule has 2 rings (SSSR count). The van der Waals surface area contributed by atoms with Gasteiger partial charge in [-0.3, -0.25) is 19.9 Å². The summed E-state index contributed by atoms with van der Waals surface area (Å²) in [5.41, 5.74) is 1.26. The van der Waals surface area contributed by atoms with Crippen LogP contribution in [0.1, 0.15) is 18.5 Å². The van der Waals surface area contributed by atoms with E-state index in [1.807, 2.05) is 12.1 Å². The lowest BCUT2D eigenvalue weighted by Crippen LogP contribution is -2.46. The van der Waals surface area contributed by atoms with Gasteiger partial charge < -0.3 is 5.32 Å². The largest absolute Gasteiger partial charge is 0.314 e. The maximum absolute atomic E-state index is 10.7. The highest BCUT2D eigenvalue weighted by Crippen LogP contribution is 2.21. The Kier molecular flexibility index (Phi) is 5.67. The van der Waals surface area contributed by atoms with Gasteiger partial charge in [0.2, 0.25) is 0 Å². The smallest absolute Gasteiger partial charge is 0.269 e. The van der Waals surface area contributed by atoms with Crippen LogP contribution in [0.25, 0.3) is 0 Å². The Bertz CT molecular complexity index is 457. The molecule has 116 valence electrons. The Balaban J connectivity index is 1.85. The number of nitro groups is 1. The highest BCUT2D eigenvalue weighted by atomic mass is 16.6. The second kappa shape index (κ2) is 7.49. The summed E-state index contributed by atoms with van der Waals surface area (Å²) in [4.78, 5) is 15.1. The number of benzene rings is 1. The average Bonchev–Trinajstić information content (AvgIpc) is 2.53. The first kappa shape index (κ1) is 15.9. The molecular weight excluding hydrogens is 268 g/mol. The molecule has 1 atom stereocenters. The molecule has 0 spiro atoms. The van der Waals surface area contributed by atoms with Gasteiger partial charge in [-0.05, 0) is 19.5 Å². The minimum absolute atomic E-state index is 0.148. The van der Waals surface area contributed by atoms with Crippen molar-refractivity contribution in [1.29, 1.82) is 0 Å². The second-order valence-corrected chi connectivity index (χ2v) is 5.60. The van der Waals surface area contributed by atoms with Crippen molar-refractivity contribution in [2.75, 3.05) is 46.3 Å². The van der Waals surface area contributed by atoms with Crippen LogP contribution in [0.5, 0.6) is 0 Å². The Labute approximate surface area is 125 Å². The number of likely N-dealkylation sites (N-methyl/N-ethyl adjacent to an activating group) is 1. The minimum Gasteiger partial charge on any atom is -0.314 e. The van der Waals surface area contributed by atoms with Crippen molar-refractivity contribution in [1.82, 2.24) is 15.1 Å². The molecule has 1 saturated heterocycles. The van der Waals surface area contributed by atoms with Gasteiger partial charge in [-0.1, -0.05) is 12.1 Å². The van der Waals surface area contributed by atoms with Crippen LogP contribution in [-0.2, 0) is 0 Å². The lowest BCUT2D eigenvalue weighted by atomic mass is 10.1. The minimum atomic E-state index is -0.359. The molecule has 6 heteroatoms. The van der Waals surface area contributed by atoms with Gasteiger partial charge in [-0.2, -0.15) is 0 Å². The molecule has 1 aromatic carbocycles. The molecule has 1 N–H and O–H groups in total. The molecule has 1 aromatic rings. The Morgan fingerprint density at radius 2 is 1.95 bits per heavy atom. The molecule has 0 aromatic heterocycles. The van der Waals surface area contributed by atoms with E-state index >= 15 is 0 Å². The van der Waals surface area contributed by atoms with E-state index in [4.69, 9.17) is 0 Å². The number of nitro benzene ring substituents is 1. The van der Waals surface area contributed by atoms with Gasteiger partial charge in [-0.15, -0.1) is 0 Å². The van der Waals surface area contributed by atoms with Gasteiger partial charge in [0.05, 0.1) is 4.92 Å². The summed E-state index contributed by atoms with van der Waals surface area (Å²) in [7, 11) is 2.11. The average molecular weight is 292 g/mol. The molecule has 0 amide bonds. The van der Waals surface area contributed by atoms with Crippen LogP contribution in [0, 0.1) is 10.1 Å². The predicted molar refractivity (Wildman–Crippen MR) is 83.5 cm³/mol. The van der Waals surface area contributed by atoms with Gasteiger partial charge in [0, 0.05) is 57.4 Å². The number of hydrogen-bond donors (Lipinski definition) is 1. The predicted octanol–water partition coefficient (Wildman–Crippen LogP) is 1.49. The Hall–Kier alpha value is -1.50. The number of non-ortho nitro benzene ring substituents is 1. The van der Waals surface area contributed by atoms with E-state index in [1.165, 1.54) is 0 Å². The van der Waals surface area contributed by atoms with Gasteiger partial charge >= 0.3 is 0 Å². The van der Waals surface area contributed by atoms with Crippen LogP contribution < -0.4 is 5.32 Å². The molecule has 0 bridgehead atoms. The molecular formula is C15H24N4O2. The van der Waals surface area contributed by atoms with E-state index < -0.39 is 0 Å². The maximum atomic E-state index is 10.7. The van der Waals surface area contributed by atoms with E-state index in [0.29, 0.717) is 0 Å². The van der Waals surface area contributed by atoms with E-state index in [0.717, 1.165) is 44.8 Å². The van der Waals surface area contributed by atoms with Crippen molar-refractivity contribution in [2.24, 2.45) is 0 Å². The summed E-state index contributed by atoms with van der Waals surface area (Å²) in [6.45, 7) is 8.56. The molecule has 0 saturated carbocycles. The van der Waals surface area contributed by atoms with Gasteiger partial charge in [0.25, 0.3) is 5.69 Å². The summed E-state index contributed by atoms with van der Waals surface area (Å²) in [5.74, 6) is 0. The zero-order chi connectivity index (χ0) is 15.2. The van der Waals surface area contributed by atoms with Crippen LogP contribution in [0.4, 0.5) is 5.69 Å². The van der Waals surface area contributed by atoms with E-state index in [9.17, 15) is 10.1 Å². The van der Waals surface area contributed by atoms with Crippen molar-refractivity contribution in [3.05, 3.63) is 39.9 Å². The fourth-order valence-corrected chi connectivity index (χ4v) is 2.56. The quantitative estimate of drug-likeness (QED) is 0.636. The van der Waals surface area contributed by atoms with Gasteiger partial charge in [0.1, 0.15) is 0 Å². The van der Waals surface area contributed by atoms with Crippen LogP contribution in [0.15, 0.2) is 24.3 Å². The van der Waals surface area contributed by atoms with Crippen molar-refractivity contribution in [2.45, 2.75) is 13.0 Å². The van der Waals surface area contributed by atoms with Crippen LogP contribution in [-0.4, -0.2) is 61.0 Å². The first-order chi connectivity index (χ1) is 10.1. The number of nitrogens with one attached hydrogen (secondary N) is 1. The fraction of sp³-hybridized carbons (Fsp3) is 0.600. The highest BCUT2D eigenvalue weighted by molar-refractivity contribution is 5.34. The summed E-state index contributed by atoms with van der Waals surface area (Å²) < 4.78 is 0. The number of piperazine rings is 1. The lowest BCUT2D eigenvalue weighted by molar-refractivity contribution is -0.384. The zero-order valence-electron chi connectivity index (χ0n) is 12.8. The van der Waals surface area contributed by atoms with Crippen molar-refractivity contribution < 1.29 is 4.92 Å². The highest BCUT2D eigenvalue weighted by Gasteiger charge is 2.15. The second-order valence-electron chi connectivity index (χ2n) is 5.60. The fourth-order valence-electron chi connectivity index (χ4n) is 2.56. The van der Waals surface area contributed by atoms with Gasteiger partial charge in [-0.25, -0.2) is 0 Å². The molecule has 1 fully saturated rings. The Morgan fingerprint density at radius 3 is 2.52 bits per heavy atom. The van der Waals surface area contributed by atoms with Crippen molar-refractivity contribution in [3.8, 4) is 0 Å². The van der Waals surface area contributed by atoms with Crippen LogP contribution in [0.3, 0.4) is 0 Å². The number of hydrogen-bond acceptors (Lipinski definition) is 5.